The van der Waals surface area contributed by atoms with Gasteiger partial charge in [-0.05, 0) is 12.8 Å². The van der Waals surface area contributed by atoms with Crippen molar-refractivity contribution in [2.45, 2.75) is 31.0 Å². The fourth-order valence-corrected chi connectivity index (χ4v) is 1.51. The van der Waals surface area contributed by atoms with Gasteiger partial charge in [0, 0.05) is 13.0 Å². The molecule has 0 radical (unpaired) electrons. The summed E-state index contributed by atoms with van der Waals surface area (Å²) in [5, 5.41) is 0. The number of hydrogen-bond acceptors (Lipinski definition) is 2. The van der Waals surface area contributed by atoms with Crippen LogP contribution in [-0.2, 0) is 9.30 Å². The highest BCUT2D eigenvalue weighted by Gasteiger charge is 2.50. The van der Waals surface area contributed by atoms with Crippen LogP contribution in [0.25, 0.3) is 0 Å². The van der Waals surface area contributed by atoms with Crippen molar-refractivity contribution in [3.05, 3.63) is 0 Å². The Morgan fingerprint density at radius 2 is 2.31 bits per heavy atom. The SMILES string of the molecule is [3H][C@H]1CC[C@@H](CC(F)(F)P(=O)(O)O)O1. The smallest absolute Gasteiger partial charge is 0.378 e. The molecule has 0 unspecified atom stereocenters. The van der Waals surface area contributed by atoms with Gasteiger partial charge in [0.15, 0.2) is 0 Å². The van der Waals surface area contributed by atoms with Crippen molar-refractivity contribution in [3.63, 3.8) is 0 Å². The Morgan fingerprint density at radius 3 is 2.69 bits per heavy atom. The lowest BCUT2D eigenvalue weighted by Gasteiger charge is -2.20. The first-order valence-electron chi connectivity index (χ1n) is 4.31. The van der Waals surface area contributed by atoms with Gasteiger partial charge in [0.1, 0.15) is 0 Å². The maximum atomic E-state index is 12.8. The lowest BCUT2D eigenvalue weighted by Crippen LogP contribution is -2.23. The van der Waals surface area contributed by atoms with Crippen molar-refractivity contribution < 1.29 is 29.2 Å². The third kappa shape index (κ3) is 2.71. The average Bonchev–Trinajstić information content (AvgIpc) is 2.31. The topological polar surface area (TPSA) is 66.8 Å². The van der Waals surface area contributed by atoms with E-state index in [0.717, 1.165) is 0 Å². The molecular formula is C6H11F2O4P. The minimum atomic E-state index is -5.42. The van der Waals surface area contributed by atoms with Crippen molar-refractivity contribution in [3.8, 4) is 0 Å². The molecule has 0 spiro atoms. The van der Waals surface area contributed by atoms with E-state index in [1.165, 1.54) is 0 Å². The van der Waals surface area contributed by atoms with E-state index in [-0.39, 0.29) is 6.42 Å². The number of rotatable bonds is 3. The monoisotopic (exact) mass is 218 g/mol. The highest BCUT2D eigenvalue weighted by Crippen LogP contribution is 2.55. The first-order chi connectivity index (χ1) is 6.22. The summed E-state index contributed by atoms with van der Waals surface area (Å²) in [7, 11) is -5.42. The molecule has 1 fully saturated rings. The Morgan fingerprint density at radius 1 is 1.69 bits per heavy atom. The zero-order chi connectivity index (χ0) is 11.0. The predicted octanol–water partition coefficient (Wildman–Crippen LogP) is 1.33. The molecular weight excluding hydrogens is 205 g/mol. The summed E-state index contributed by atoms with van der Waals surface area (Å²) in [4.78, 5) is 16.7. The molecule has 2 N–H and O–H groups in total. The van der Waals surface area contributed by atoms with Gasteiger partial charge in [-0.25, -0.2) is 0 Å². The van der Waals surface area contributed by atoms with Gasteiger partial charge in [0.2, 0.25) is 0 Å². The maximum absolute atomic E-state index is 12.8. The highest BCUT2D eigenvalue weighted by molar-refractivity contribution is 7.53. The van der Waals surface area contributed by atoms with E-state index >= 15 is 0 Å². The molecule has 1 saturated heterocycles. The molecule has 0 amide bonds. The number of alkyl halides is 2. The molecule has 7 heteroatoms. The molecule has 2 atom stereocenters. The van der Waals surface area contributed by atoms with Crippen molar-refractivity contribution in [1.29, 1.82) is 0 Å². The van der Waals surface area contributed by atoms with Gasteiger partial charge in [-0.3, -0.25) is 4.57 Å². The van der Waals surface area contributed by atoms with Crippen molar-refractivity contribution in [2.75, 3.05) is 6.58 Å². The molecule has 0 aromatic carbocycles. The van der Waals surface area contributed by atoms with E-state index in [1.807, 2.05) is 0 Å². The molecule has 1 aliphatic heterocycles. The standard InChI is InChI=1S/C6H11F2O4P/c7-6(8,13(9,10)11)4-5-2-1-3-12-5/h5H,1-4H2,(H2,9,10,11)/t5-/m0/s1/i3T/t3-,5-. The predicted molar refractivity (Wildman–Crippen MR) is 40.6 cm³/mol. The second kappa shape index (κ2) is 3.61. The molecule has 4 nitrogen and oxygen atoms in total. The van der Waals surface area contributed by atoms with E-state index in [1.54, 1.807) is 0 Å². The quantitative estimate of drug-likeness (QED) is 0.701. The van der Waals surface area contributed by atoms with Crippen LogP contribution in [0.2, 0.25) is 0 Å². The molecule has 0 bridgehead atoms. The Hall–Kier alpha value is -0.0300. The Kier molecular flexibility index (Phi) is 2.65. The summed E-state index contributed by atoms with van der Waals surface area (Å²) in [5.74, 6) is 0. The van der Waals surface area contributed by atoms with E-state index in [9.17, 15) is 13.3 Å². The summed E-state index contributed by atoms with van der Waals surface area (Å²) in [6.45, 7) is -0.854. The first-order valence-corrected chi connectivity index (χ1v) is 5.35. The fourth-order valence-electron chi connectivity index (χ4n) is 1.07. The van der Waals surface area contributed by atoms with E-state index < -0.39 is 32.4 Å². The van der Waals surface area contributed by atoms with Crippen molar-refractivity contribution in [2.24, 2.45) is 0 Å². The van der Waals surface area contributed by atoms with Gasteiger partial charge in [-0.2, -0.15) is 8.78 Å². The molecule has 0 saturated carbocycles. The summed E-state index contributed by atoms with van der Waals surface area (Å²) in [5.41, 5.74) is -4.05. The van der Waals surface area contributed by atoms with Crippen LogP contribution in [0.15, 0.2) is 0 Å². The zero-order valence-corrected chi connectivity index (χ0v) is 7.58. The second-order valence-electron chi connectivity index (χ2n) is 2.92. The van der Waals surface area contributed by atoms with Gasteiger partial charge in [-0.15, -0.1) is 0 Å². The maximum Gasteiger partial charge on any atom is 0.394 e. The largest absolute Gasteiger partial charge is 0.394 e. The van der Waals surface area contributed by atoms with E-state index in [4.69, 9.17) is 15.9 Å². The van der Waals surface area contributed by atoms with E-state index in [2.05, 4.69) is 0 Å². The van der Waals surface area contributed by atoms with Gasteiger partial charge < -0.3 is 14.5 Å². The number of halogens is 2. The Balaban J connectivity index is 2.56. The van der Waals surface area contributed by atoms with Crippen LogP contribution in [0.1, 0.15) is 20.6 Å². The molecule has 1 heterocycles. The third-order valence-corrected chi connectivity index (χ3v) is 2.83. The van der Waals surface area contributed by atoms with Crippen LogP contribution < -0.4 is 0 Å². The minimum Gasteiger partial charge on any atom is -0.378 e. The number of ether oxygens (including phenoxy) is 1. The van der Waals surface area contributed by atoms with E-state index in [0.29, 0.717) is 6.42 Å². The molecule has 1 rings (SSSR count). The Bertz CT molecular complexity index is 256. The van der Waals surface area contributed by atoms with Gasteiger partial charge in [0.25, 0.3) is 0 Å². The van der Waals surface area contributed by atoms with Crippen LogP contribution in [0.4, 0.5) is 8.78 Å². The first kappa shape index (κ1) is 9.52. The molecule has 13 heavy (non-hydrogen) atoms. The normalized spacial score (nSPS) is 31.8. The van der Waals surface area contributed by atoms with Gasteiger partial charge in [0.05, 0.1) is 7.47 Å². The van der Waals surface area contributed by atoms with Crippen molar-refractivity contribution in [1.82, 2.24) is 0 Å². The molecule has 0 aliphatic carbocycles. The summed E-state index contributed by atoms with van der Waals surface area (Å²) in [6, 6.07) is 0. The lowest BCUT2D eigenvalue weighted by atomic mass is 10.2. The average molecular weight is 218 g/mol. The molecule has 78 valence electrons. The third-order valence-electron chi connectivity index (χ3n) is 1.79. The molecule has 1 aliphatic rings. The zero-order valence-electron chi connectivity index (χ0n) is 7.69. The van der Waals surface area contributed by atoms with Crippen molar-refractivity contribution >= 4 is 7.60 Å². The van der Waals surface area contributed by atoms with Gasteiger partial charge in [-0.1, -0.05) is 0 Å². The lowest BCUT2D eigenvalue weighted by molar-refractivity contribution is -0.00565. The summed E-state index contributed by atoms with van der Waals surface area (Å²) < 4.78 is 47.8. The van der Waals surface area contributed by atoms with Crippen LogP contribution in [0, 0.1) is 0 Å². The second-order valence-corrected chi connectivity index (χ2v) is 4.66. The molecule has 0 aromatic heterocycles. The van der Waals surface area contributed by atoms with Crippen LogP contribution >= 0.6 is 7.60 Å². The van der Waals surface area contributed by atoms with Gasteiger partial charge >= 0.3 is 13.3 Å². The van der Waals surface area contributed by atoms with Crippen LogP contribution in [0.3, 0.4) is 0 Å². The highest BCUT2D eigenvalue weighted by atomic mass is 31.2. The van der Waals surface area contributed by atoms with Crippen LogP contribution in [-0.4, -0.2) is 28.1 Å². The minimum absolute atomic E-state index is 0.240. The fraction of sp³-hybridized carbons (Fsp3) is 1.00. The van der Waals surface area contributed by atoms with Crippen LogP contribution in [0.5, 0.6) is 0 Å². The Labute approximate surface area is 75.5 Å². The summed E-state index contributed by atoms with van der Waals surface area (Å²) >= 11 is 0. The number of hydrogen-bond donors (Lipinski definition) is 2. The molecule has 0 aromatic rings. The summed E-state index contributed by atoms with van der Waals surface area (Å²) in [6.07, 6.45) is -1.39.